The third-order valence-corrected chi connectivity index (χ3v) is 5.12. The van der Waals surface area contributed by atoms with E-state index < -0.39 is 6.10 Å². The van der Waals surface area contributed by atoms with E-state index in [1.54, 1.807) is 48.5 Å². The van der Waals surface area contributed by atoms with E-state index in [2.05, 4.69) is 15.8 Å². The largest absolute Gasteiger partial charge is 0.382 e. The van der Waals surface area contributed by atoms with Gasteiger partial charge < -0.3 is 15.5 Å². The molecule has 1 unspecified atom stereocenters. The van der Waals surface area contributed by atoms with E-state index >= 15 is 0 Å². The van der Waals surface area contributed by atoms with E-state index in [0.717, 1.165) is 0 Å². The Morgan fingerprint density at radius 3 is 2.59 bits per heavy atom. The summed E-state index contributed by atoms with van der Waals surface area (Å²) in [7, 11) is 0. The SMILES string of the molecule is O=C(Nc1cccc(NC(=O)C2CC(c3cccc(F)c3)=NO2)c1)c1cccs1. The molecule has 2 amide bonds. The van der Waals surface area contributed by atoms with Crippen LogP contribution in [-0.2, 0) is 9.63 Å². The summed E-state index contributed by atoms with van der Waals surface area (Å²) in [5, 5.41) is 11.3. The number of hydrogen-bond acceptors (Lipinski definition) is 5. The van der Waals surface area contributed by atoms with Crippen LogP contribution in [0.15, 0.2) is 71.2 Å². The van der Waals surface area contributed by atoms with Crippen molar-refractivity contribution in [2.45, 2.75) is 12.5 Å². The third-order valence-electron chi connectivity index (χ3n) is 4.25. The number of carbonyl (C=O) groups excluding carboxylic acids is 2. The van der Waals surface area contributed by atoms with Crippen molar-refractivity contribution in [3.8, 4) is 0 Å². The molecule has 6 nitrogen and oxygen atoms in total. The van der Waals surface area contributed by atoms with Crippen molar-refractivity contribution in [3.05, 3.63) is 82.3 Å². The van der Waals surface area contributed by atoms with Crippen molar-refractivity contribution < 1.29 is 18.8 Å². The Kier molecular flexibility index (Phi) is 5.35. The Labute approximate surface area is 170 Å². The van der Waals surface area contributed by atoms with Crippen LogP contribution in [0.4, 0.5) is 15.8 Å². The van der Waals surface area contributed by atoms with Crippen molar-refractivity contribution in [3.63, 3.8) is 0 Å². The molecule has 0 aliphatic carbocycles. The van der Waals surface area contributed by atoms with Gasteiger partial charge in [0.15, 0.2) is 0 Å². The first-order chi connectivity index (χ1) is 14.1. The molecule has 0 spiro atoms. The van der Waals surface area contributed by atoms with Gasteiger partial charge in [0.25, 0.3) is 11.8 Å². The summed E-state index contributed by atoms with van der Waals surface area (Å²) in [4.78, 5) is 30.5. The van der Waals surface area contributed by atoms with Gasteiger partial charge in [0, 0.05) is 23.4 Å². The molecule has 0 radical (unpaired) electrons. The molecule has 1 atom stereocenters. The summed E-state index contributed by atoms with van der Waals surface area (Å²) in [5.41, 5.74) is 2.17. The van der Waals surface area contributed by atoms with E-state index in [-0.39, 0.29) is 24.1 Å². The maximum Gasteiger partial charge on any atom is 0.268 e. The molecule has 0 bridgehead atoms. The number of benzene rings is 2. The number of rotatable bonds is 5. The summed E-state index contributed by atoms with van der Waals surface area (Å²) >= 11 is 1.35. The maximum absolute atomic E-state index is 13.4. The van der Waals surface area contributed by atoms with Gasteiger partial charge in [-0.15, -0.1) is 11.3 Å². The van der Waals surface area contributed by atoms with Gasteiger partial charge in [0.1, 0.15) is 5.82 Å². The van der Waals surface area contributed by atoms with Crippen LogP contribution in [0.3, 0.4) is 0 Å². The molecular weight excluding hydrogens is 393 g/mol. The number of halogens is 1. The first kappa shape index (κ1) is 18.8. The zero-order valence-corrected chi connectivity index (χ0v) is 15.9. The van der Waals surface area contributed by atoms with Crippen LogP contribution in [0.5, 0.6) is 0 Å². The summed E-state index contributed by atoms with van der Waals surface area (Å²) in [6.45, 7) is 0. The first-order valence-corrected chi connectivity index (χ1v) is 9.71. The molecule has 0 saturated heterocycles. The number of nitrogens with zero attached hydrogens (tertiary/aromatic N) is 1. The lowest BCUT2D eigenvalue weighted by atomic mass is 10.0. The Hall–Kier alpha value is -3.52. The van der Waals surface area contributed by atoms with Crippen LogP contribution in [0.25, 0.3) is 0 Å². The van der Waals surface area contributed by atoms with E-state index in [9.17, 15) is 14.0 Å². The van der Waals surface area contributed by atoms with Gasteiger partial charge in [-0.25, -0.2) is 4.39 Å². The van der Waals surface area contributed by atoms with Crippen LogP contribution in [0, 0.1) is 5.82 Å². The fourth-order valence-corrected chi connectivity index (χ4v) is 3.47. The molecule has 2 N–H and O–H groups in total. The molecule has 0 saturated carbocycles. The molecule has 1 aromatic heterocycles. The molecule has 29 heavy (non-hydrogen) atoms. The number of amides is 2. The molecular formula is C21H16FN3O3S. The molecule has 146 valence electrons. The number of anilines is 2. The second-order valence-electron chi connectivity index (χ2n) is 6.35. The summed E-state index contributed by atoms with van der Waals surface area (Å²) in [6, 6.07) is 16.4. The smallest absolute Gasteiger partial charge is 0.268 e. The quantitative estimate of drug-likeness (QED) is 0.660. The molecule has 2 aromatic carbocycles. The first-order valence-electron chi connectivity index (χ1n) is 8.83. The van der Waals surface area contributed by atoms with Crippen molar-refractivity contribution in [2.24, 2.45) is 5.16 Å². The van der Waals surface area contributed by atoms with Crippen molar-refractivity contribution >= 4 is 40.2 Å². The minimum absolute atomic E-state index is 0.212. The minimum atomic E-state index is -0.808. The minimum Gasteiger partial charge on any atom is -0.382 e. The Balaban J connectivity index is 1.37. The van der Waals surface area contributed by atoms with Gasteiger partial charge in [-0.3, -0.25) is 9.59 Å². The standard InChI is InChI=1S/C21H16FN3O3S/c22-14-5-1-4-13(10-14)17-12-18(28-25-17)20(26)23-15-6-2-7-16(11-15)24-21(27)19-8-3-9-29-19/h1-11,18H,12H2,(H,23,26)(H,24,27). The average molecular weight is 409 g/mol. The van der Waals surface area contributed by atoms with Crippen LogP contribution >= 0.6 is 11.3 Å². The van der Waals surface area contributed by atoms with Crippen LogP contribution in [0.2, 0.25) is 0 Å². The number of nitrogens with one attached hydrogen (secondary N) is 2. The molecule has 2 heterocycles. The lowest BCUT2D eigenvalue weighted by Crippen LogP contribution is -2.28. The highest BCUT2D eigenvalue weighted by atomic mass is 32.1. The lowest BCUT2D eigenvalue weighted by molar-refractivity contribution is -0.125. The zero-order chi connectivity index (χ0) is 20.2. The third kappa shape index (κ3) is 4.49. The van der Waals surface area contributed by atoms with Crippen LogP contribution < -0.4 is 10.6 Å². The van der Waals surface area contributed by atoms with Gasteiger partial charge in [0.05, 0.1) is 10.6 Å². The van der Waals surface area contributed by atoms with E-state index in [0.29, 0.717) is 27.5 Å². The van der Waals surface area contributed by atoms with Gasteiger partial charge in [-0.2, -0.15) is 0 Å². The van der Waals surface area contributed by atoms with Gasteiger partial charge in [-0.05, 0) is 41.8 Å². The Morgan fingerprint density at radius 2 is 1.83 bits per heavy atom. The second-order valence-corrected chi connectivity index (χ2v) is 7.30. The molecule has 1 aliphatic heterocycles. The predicted molar refractivity (Wildman–Crippen MR) is 110 cm³/mol. The monoisotopic (exact) mass is 409 g/mol. The molecule has 8 heteroatoms. The highest BCUT2D eigenvalue weighted by Gasteiger charge is 2.29. The Bertz CT molecular complexity index is 1080. The molecule has 3 aromatic rings. The molecule has 1 aliphatic rings. The van der Waals surface area contributed by atoms with Gasteiger partial charge >= 0.3 is 0 Å². The normalized spacial score (nSPS) is 15.3. The predicted octanol–water partition coefficient (Wildman–Crippen LogP) is 4.27. The fraction of sp³-hybridized carbons (Fsp3) is 0.0952. The van der Waals surface area contributed by atoms with Gasteiger partial charge in [-0.1, -0.05) is 29.4 Å². The topological polar surface area (TPSA) is 79.8 Å². The van der Waals surface area contributed by atoms with E-state index in [1.807, 2.05) is 5.38 Å². The van der Waals surface area contributed by atoms with E-state index in [1.165, 1.54) is 23.5 Å². The average Bonchev–Trinajstić information content (AvgIpc) is 3.41. The summed E-state index contributed by atoms with van der Waals surface area (Å²) in [6.07, 6.45) is -0.568. The van der Waals surface area contributed by atoms with Crippen molar-refractivity contribution in [1.29, 1.82) is 0 Å². The van der Waals surface area contributed by atoms with Crippen molar-refractivity contribution in [1.82, 2.24) is 0 Å². The number of hydrogen-bond donors (Lipinski definition) is 2. The van der Waals surface area contributed by atoms with Crippen LogP contribution in [-0.4, -0.2) is 23.6 Å². The number of oxime groups is 1. The second kappa shape index (κ2) is 8.24. The lowest BCUT2D eigenvalue weighted by Gasteiger charge is -2.11. The summed E-state index contributed by atoms with van der Waals surface area (Å²) < 4.78 is 13.4. The summed E-state index contributed by atoms with van der Waals surface area (Å²) in [5.74, 6) is -0.961. The maximum atomic E-state index is 13.4. The van der Waals surface area contributed by atoms with Crippen LogP contribution in [0.1, 0.15) is 21.7 Å². The van der Waals surface area contributed by atoms with Gasteiger partial charge in [0.2, 0.25) is 6.10 Å². The van der Waals surface area contributed by atoms with Crippen molar-refractivity contribution in [2.75, 3.05) is 10.6 Å². The number of carbonyl (C=O) groups is 2. The fourth-order valence-electron chi connectivity index (χ4n) is 2.85. The Morgan fingerprint density at radius 1 is 1.03 bits per heavy atom. The number of thiophene rings is 1. The highest BCUT2D eigenvalue weighted by Crippen LogP contribution is 2.21. The molecule has 4 rings (SSSR count). The molecule has 0 fully saturated rings. The highest BCUT2D eigenvalue weighted by molar-refractivity contribution is 7.12. The van der Waals surface area contributed by atoms with E-state index in [4.69, 9.17) is 4.84 Å². The zero-order valence-electron chi connectivity index (χ0n) is 15.1.